The first-order valence-electron chi connectivity index (χ1n) is 9.56. The topological polar surface area (TPSA) is 9.23 Å². The van der Waals surface area contributed by atoms with E-state index in [4.69, 9.17) is 4.74 Å². The minimum absolute atomic E-state index is 0.528. The first-order valence-corrected chi connectivity index (χ1v) is 9.56. The van der Waals surface area contributed by atoms with Crippen molar-refractivity contribution in [3.8, 4) is 16.9 Å². The van der Waals surface area contributed by atoms with Gasteiger partial charge in [0, 0.05) is 5.41 Å². The van der Waals surface area contributed by atoms with E-state index in [1.54, 1.807) is 18.2 Å². The molecule has 0 amide bonds. The van der Waals surface area contributed by atoms with Crippen LogP contribution in [0.1, 0.15) is 49.1 Å². The zero-order valence-electron chi connectivity index (χ0n) is 14.3. The Morgan fingerprint density at radius 3 is 2.38 bits per heavy atom. The van der Waals surface area contributed by atoms with Gasteiger partial charge in [0.05, 0.1) is 7.11 Å². The Kier molecular flexibility index (Phi) is 2.50. The lowest BCUT2D eigenvalue weighted by Crippen LogP contribution is -2.59. The SMILES string of the molecule is COc1ccc(-c2cccc3c2C24CC5CC(CC(C5)C32)C4)cc1. The highest BCUT2D eigenvalue weighted by molar-refractivity contribution is 5.75. The van der Waals surface area contributed by atoms with E-state index < -0.39 is 0 Å². The summed E-state index contributed by atoms with van der Waals surface area (Å²) in [6, 6.07) is 15.8. The van der Waals surface area contributed by atoms with Gasteiger partial charge in [-0.3, -0.25) is 0 Å². The maximum Gasteiger partial charge on any atom is 0.118 e. The monoisotopic (exact) mass is 316 g/mol. The van der Waals surface area contributed by atoms with Crippen LogP contribution in [0.4, 0.5) is 0 Å². The van der Waals surface area contributed by atoms with Gasteiger partial charge in [0.2, 0.25) is 0 Å². The van der Waals surface area contributed by atoms with Gasteiger partial charge < -0.3 is 4.74 Å². The third kappa shape index (κ3) is 1.52. The number of rotatable bonds is 2. The molecule has 122 valence electrons. The quantitative estimate of drug-likeness (QED) is 0.707. The van der Waals surface area contributed by atoms with Crippen LogP contribution in [0.15, 0.2) is 42.5 Å². The third-order valence-corrected chi connectivity index (χ3v) is 7.64. The van der Waals surface area contributed by atoms with E-state index in [1.807, 2.05) is 0 Å². The lowest BCUT2D eigenvalue weighted by Gasteiger charge is -2.68. The molecule has 4 saturated carbocycles. The molecule has 7 rings (SSSR count). The number of benzene rings is 2. The van der Waals surface area contributed by atoms with Crippen molar-refractivity contribution < 1.29 is 4.74 Å². The Bertz CT molecular complexity index is 804. The Morgan fingerprint density at radius 1 is 0.917 bits per heavy atom. The maximum atomic E-state index is 5.34. The largest absolute Gasteiger partial charge is 0.497 e. The molecule has 0 aliphatic heterocycles. The van der Waals surface area contributed by atoms with Crippen LogP contribution in [0, 0.1) is 17.8 Å². The molecule has 1 nitrogen and oxygen atoms in total. The molecule has 2 aromatic rings. The molecule has 0 aromatic heterocycles. The molecule has 4 fully saturated rings. The van der Waals surface area contributed by atoms with Crippen LogP contribution in [0.2, 0.25) is 0 Å². The van der Waals surface area contributed by atoms with Crippen molar-refractivity contribution in [1.29, 1.82) is 0 Å². The van der Waals surface area contributed by atoms with Gasteiger partial charge in [-0.15, -0.1) is 0 Å². The predicted octanol–water partition coefficient (Wildman–Crippen LogP) is 5.54. The fourth-order valence-corrected chi connectivity index (χ4v) is 7.27. The summed E-state index contributed by atoms with van der Waals surface area (Å²) in [6.45, 7) is 0. The van der Waals surface area contributed by atoms with Gasteiger partial charge in [0.15, 0.2) is 0 Å². The summed E-state index contributed by atoms with van der Waals surface area (Å²) in [4.78, 5) is 0. The molecule has 1 spiro atoms. The molecule has 1 heteroatoms. The fourth-order valence-electron chi connectivity index (χ4n) is 7.27. The van der Waals surface area contributed by atoms with E-state index >= 15 is 0 Å². The van der Waals surface area contributed by atoms with Crippen molar-refractivity contribution >= 4 is 0 Å². The molecule has 4 bridgehead atoms. The van der Waals surface area contributed by atoms with Crippen LogP contribution >= 0.6 is 0 Å². The second-order valence-corrected chi connectivity index (χ2v) is 8.74. The van der Waals surface area contributed by atoms with E-state index in [1.165, 1.54) is 43.2 Å². The number of hydrogen-bond donors (Lipinski definition) is 0. The molecule has 0 N–H and O–H groups in total. The number of methoxy groups -OCH3 is 1. The summed E-state index contributed by atoms with van der Waals surface area (Å²) < 4.78 is 5.34. The average molecular weight is 316 g/mol. The van der Waals surface area contributed by atoms with Gasteiger partial charge in [0.25, 0.3) is 0 Å². The van der Waals surface area contributed by atoms with Crippen molar-refractivity contribution in [2.75, 3.05) is 7.11 Å². The first kappa shape index (κ1) is 13.5. The lowest BCUT2D eigenvalue weighted by atomic mass is 9.36. The molecule has 0 radical (unpaired) electrons. The highest BCUT2D eigenvalue weighted by Crippen LogP contribution is 2.73. The van der Waals surface area contributed by atoms with E-state index in [9.17, 15) is 0 Å². The summed E-state index contributed by atoms with van der Waals surface area (Å²) >= 11 is 0. The number of ether oxygens (including phenoxy) is 1. The zero-order chi connectivity index (χ0) is 15.9. The second kappa shape index (κ2) is 4.45. The lowest BCUT2D eigenvalue weighted by molar-refractivity contribution is -0.0477. The van der Waals surface area contributed by atoms with E-state index in [0.29, 0.717) is 5.41 Å². The molecule has 2 aromatic carbocycles. The molecule has 3 atom stereocenters. The molecule has 5 aliphatic rings. The molecule has 3 unspecified atom stereocenters. The van der Waals surface area contributed by atoms with E-state index in [0.717, 1.165) is 29.4 Å². The van der Waals surface area contributed by atoms with Crippen molar-refractivity contribution in [3.63, 3.8) is 0 Å². The minimum Gasteiger partial charge on any atom is -0.497 e. The van der Waals surface area contributed by atoms with Crippen molar-refractivity contribution in [2.24, 2.45) is 17.8 Å². The Morgan fingerprint density at radius 2 is 1.67 bits per heavy atom. The molecule has 5 aliphatic carbocycles. The average Bonchev–Trinajstić information content (AvgIpc) is 2.59. The summed E-state index contributed by atoms with van der Waals surface area (Å²) in [5.74, 6) is 4.82. The highest BCUT2D eigenvalue weighted by Gasteiger charge is 2.64. The summed E-state index contributed by atoms with van der Waals surface area (Å²) in [5.41, 5.74) is 6.79. The number of fused-ring (bicyclic) bond motifs is 1. The molecular formula is C23H24O. The van der Waals surface area contributed by atoms with Crippen LogP contribution < -0.4 is 4.74 Å². The Labute approximate surface area is 144 Å². The second-order valence-electron chi connectivity index (χ2n) is 8.74. The van der Waals surface area contributed by atoms with Gasteiger partial charge in [-0.2, -0.15) is 0 Å². The fraction of sp³-hybridized carbons (Fsp3) is 0.478. The molecule has 24 heavy (non-hydrogen) atoms. The maximum absolute atomic E-state index is 5.34. The normalized spacial score (nSPS) is 37.5. The minimum atomic E-state index is 0.528. The molecule has 0 heterocycles. The standard InChI is InChI=1S/C23H24O/c1-24-18-7-5-16(6-8-18)19-3-2-4-20-21-17-10-14-9-15(11-17)13-23(21,12-14)22(19)20/h2-8,14-15,17,21H,9-13H2,1H3. The van der Waals surface area contributed by atoms with Gasteiger partial charge >= 0.3 is 0 Å². The Balaban J connectivity index is 1.52. The first-order chi connectivity index (χ1) is 11.8. The third-order valence-electron chi connectivity index (χ3n) is 7.64. The van der Waals surface area contributed by atoms with Crippen molar-refractivity contribution in [2.45, 2.75) is 43.4 Å². The van der Waals surface area contributed by atoms with E-state index in [-0.39, 0.29) is 0 Å². The van der Waals surface area contributed by atoms with Crippen molar-refractivity contribution in [1.82, 2.24) is 0 Å². The summed E-state index contributed by atoms with van der Waals surface area (Å²) in [6.07, 6.45) is 7.46. The van der Waals surface area contributed by atoms with Crippen LogP contribution in [0.3, 0.4) is 0 Å². The predicted molar refractivity (Wildman–Crippen MR) is 96.4 cm³/mol. The highest BCUT2D eigenvalue weighted by atomic mass is 16.5. The smallest absolute Gasteiger partial charge is 0.118 e. The molecular weight excluding hydrogens is 292 g/mol. The van der Waals surface area contributed by atoms with Crippen LogP contribution in [0.5, 0.6) is 5.75 Å². The summed E-state index contributed by atoms with van der Waals surface area (Å²) in [5, 5.41) is 0. The van der Waals surface area contributed by atoms with Gasteiger partial charge in [0.1, 0.15) is 5.75 Å². The van der Waals surface area contributed by atoms with Crippen LogP contribution in [0.25, 0.3) is 11.1 Å². The number of hydrogen-bond acceptors (Lipinski definition) is 1. The zero-order valence-corrected chi connectivity index (χ0v) is 14.3. The summed E-state index contributed by atoms with van der Waals surface area (Å²) in [7, 11) is 1.74. The van der Waals surface area contributed by atoms with Crippen molar-refractivity contribution in [3.05, 3.63) is 53.6 Å². The van der Waals surface area contributed by atoms with E-state index in [2.05, 4.69) is 42.5 Å². The van der Waals surface area contributed by atoms with Gasteiger partial charge in [-0.05, 0) is 90.2 Å². The van der Waals surface area contributed by atoms with Crippen LogP contribution in [-0.2, 0) is 5.41 Å². The van der Waals surface area contributed by atoms with Crippen LogP contribution in [-0.4, -0.2) is 7.11 Å². The van der Waals surface area contributed by atoms with Gasteiger partial charge in [-0.25, -0.2) is 0 Å². The van der Waals surface area contributed by atoms with Gasteiger partial charge in [-0.1, -0.05) is 30.3 Å². The Hall–Kier alpha value is -1.76. The molecule has 0 saturated heterocycles.